The number of anilines is 1. The van der Waals surface area contributed by atoms with Crippen molar-refractivity contribution in [3.05, 3.63) is 23.3 Å². The third-order valence-corrected chi connectivity index (χ3v) is 6.88. The molecule has 0 saturated heterocycles. The number of nitrogens with zero attached hydrogens (tertiary/aromatic N) is 1. The SMILES string of the molecule is CC1C(=O)N2CCCc3cc(S(=O)(=O)NC4CCCC4)cc1c32. The van der Waals surface area contributed by atoms with Gasteiger partial charge in [0.2, 0.25) is 15.9 Å². The minimum atomic E-state index is -3.51. The molecule has 1 saturated carbocycles. The number of aryl methyl sites for hydroxylation is 1. The largest absolute Gasteiger partial charge is 0.311 e. The predicted octanol–water partition coefficient (Wildman–Crippen LogP) is 2.30. The van der Waals surface area contributed by atoms with Gasteiger partial charge in [-0.05, 0) is 55.9 Å². The molecule has 2 aliphatic heterocycles. The molecule has 23 heavy (non-hydrogen) atoms. The molecule has 2 heterocycles. The molecule has 1 fully saturated rings. The number of carbonyl (C=O) groups is 1. The van der Waals surface area contributed by atoms with Crippen molar-refractivity contribution in [2.24, 2.45) is 0 Å². The number of hydrogen-bond donors (Lipinski definition) is 1. The molecular weight excluding hydrogens is 312 g/mol. The fraction of sp³-hybridized carbons (Fsp3) is 0.588. The van der Waals surface area contributed by atoms with Crippen LogP contribution in [0.3, 0.4) is 0 Å². The quantitative estimate of drug-likeness (QED) is 0.922. The Bertz CT molecular complexity index is 766. The predicted molar refractivity (Wildman–Crippen MR) is 88.1 cm³/mol. The molecule has 3 aliphatic rings. The molecule has 0 bridgehead atoms. The Morgan fingerprint density at radius 1 is 1.17 bits per heavy atom. The van der Waals surface area contributed by atoms with Gasteiger partial charge >= 0.3 is 0 Å². The van der Waals surface area contributed by atoms with Crippen LogP contribution >= 0.6 is 0 Å². The van der Waals surface area contributed by atoms with Gasteiger partial charge in [0.05, 0.1) is 16.5 Å². The third-order valence-electron chi connectivity index (χ3n) is 5.38. The molecule has 1 N–H and O–H groups in total. The number of nitrogens with one attached hydrogen (secondary N) is 1. The van der Waals surface area contributed by atoms with Crippen LogP contribution in [0.1, 0.15) is 56.1 Å². The summed E-state index contributed by atoms with van der Waals surface area (Å²) >= 11 is 0. The number of sulfonamides is 1. The number of hydrogen-bond acceptors (Lipinski definition) is 3. The highest BCUT2D eigenvalue weighted by atomic mass is 32.2. The van der Waals surface area contributed by atoms with Crippen molar-refractivity contribution in [2.75, 3.05) is 11.4 Å². The molecule has 0 spiro atoms. The fourth-order valence-electron chi connectivity index (χ4n) is 4.15. The van der Waals surface area contributed by atoms with Crippen LogP contribution in [0.4, 0.5) is 5.69 Å². The van der Waals surface area contributed by atoms with E-state index < -0.39 is 10.0 Å². The average Bonchev–Trinajstić information content (AvgIpc) is 3.11. The van der Waals surface area contributed by atoms with Gasteiger partial charge in [0.15, 0.2) is 0 Å². The molecule has 1 amide bonds. The van der Waals surface area contributed by atoms with Crippen LogP contribution in [-0.4, -0.2) is 26.9 Å². The highest BCUT2D eigenvalue weighted by molar-refractivity contribution is 7.89. The molecule has 1 unspecified atom stereocenters. The van der Waals surface area contributed by atoms with Gasteiger partial charge in [0.25, 0.3) is 0 Å². The first-order valence-corrected chi connectivity index (χ1v) is 9.96. The summed E-state index contributed by atoms with van der Waals surface area (Å²) < 4.78 is 28.3. The van der Waals surface area contributed by atoms with Gasteiger partial charge in [0, 0.05) is 12.6 Å². The zero-order valence-corrected chi connectivity index (χ0v) is 14.2. The second kappa shape index (κ2) is 5.31. The highest BCUT2D eigenvalue weighted by Gasteiger charge is 2.39. The van der Waals surface area contributed by atoms with Gasteiger partial charge in [-0.15, -0.1) is 0 Å². The molecule has 1 atom stereocenters. The van der Waals surface area contributed by atoms with Crippen molar-refractivity contribution >= 4 is 21.6 Å². The lowest BCUT2D eigenvalue weighted by atomic mass is 9.97. The second-order valence-electron chi connectivity index (χ2n) is 6.94. The van der Waals surface area contributed by atoms with Crippen LogP contribution in [0.15, 0.2) is 17.0 Å². The summed E-state index contributed by atoms with van der Waals surface area (Å²) in [6.45, 7) is 2.62. The monoisotopic (exact) mass is 334 g/mol. The van der Waals surface area contributed by atoms with E-state index in [1.807, 2.05) is 11.8 Å². The van der Waals surface area contributed by atoms with E-state index in [2.05, 4.69) is 4.72 Å². The second-order valence-corrected chi connectivity index (χ2v) is 8.65. The summed E-state index contributed by atoms with van der Waals surface area (Å²) in [7, 11) is -3.51. The normalized spacial score (nSPS) is 24.3. The van der Waals surface area contributed by atoms with E-state index in [1.54, 1.807) is 12.1 Å². The van der Waals surface area contributed by atoms with Crippen molar-refractivity contribution in [1.29, 1.82) is 0 Å². The van der Waals surface area contributed by atoms with Crippen LogP contribution in [0.5, 0.6) is 0 Å². The van der Waals surface area contributed by atoms with E-state index in [0.717, 1.165) is 61.9 Å². The van der Waals surface area contributed by atoms with Gasteiger partial charge in [-0.2, -0.15) is 0 Å². The molecule has 0 aromatic heterocycles. The maximum Gasteiger partial charge on any atom is 0.240 e. The topological polar surface area (TPSA) is 66.5 Å². The van der Waals surface area contributed by atoms with Gasteiger partial charge in [-0.25, -0.2) is 13.1 Å². The van der Waals surface area contributed by atoms with Gasteiger partial charge < -0.3 is 4.90 Å². The van der Waals surface area contributed by atoms with E-state index in [0.29, 0.717) is 4.90 Å². The van der Waals surface area contributed by atoms with Crippen molar-refractivity contribution in [2.45, 2.75) is 62.3 Å². The van der Waals surface area contributed by atoms with Crippen LogP contribution < -0.4 is 9.62 Å². The van der Waals surface area contributed by atoms with E-state index in [4.69, 9.17) is 0 Å². The lowest BCUT2D eigenvalue weighted by Gasteiger charge is -2.26. The van der Waals surface area contributed by atoms with Gasteiger partial charge in [-0.1, -0.05) is 12.8 Å². The Labute approximate surface area is 137 Å². The van der Waals surface area contributed by atoms with Crippen LogP contribution in [0, 0.1) is 0 Å². The number of amides is 1. The zero-order chi connectivity index (χ0) is 16.2. The van der Waals surface area contributed by atoms with Crippen molar-refractivity contribution in [3.8, 4) is 0 Å². The summed E-state index contributed by atoms with van der Waals surface area (Å²) in [6, 6.07) is 3.54. The first kappa shape index (κ1) is 15.1. The maximum absolute atomic E-state index is 12.7. The molecule has 4 rings (SSSR count). The van der Waals surface area contributed by atoms with Gasteiger partial charge in [-0.3, -0.25) is 4.79 Å². The summed E-state index contributed by atoms with van der Waals surface area (Å²) in [5.74, 6) is -0.150. The van der Waals surface area contributed by atoms with Crippen molar-refractivity contribution in [3.63, 3.8) is 0 Å². The number of carbonyl (C=O) groups excluding carboxylic acids is 1. The van der Waals surface area contributed by atoms with Crippen LogP contribution in [-0.2, 0) is 21.2 Å². The molecular formula is C17H22N2O3S. The molecule has 1 aliphatic carbocycles. The molecule has 0 radical (unpaired) electrons. The Hall–Kier alpha value is -1.40. The Kier molecular flexibility index (Phi) is 3.50. The lowest BCUT2D eigenvalue weighted by molar-refractivity contribution is -0.119. The molecule has 1 aromatic rings. The third kappa shape index (κ3) is 2.39. The Morgan fingerprint density at radius 2 is 1.91 bits per heavy atom. The Balaban J connectivity index is 1.75. The number of rotatable bonds is 3. The summed E-state index contributed by atoms with van der Waals surface area (Å²) in [5, 5.41) is 0. The molecule has 5 nitrogen and oxygen atoms in total. The standard InChI is InChI=1S/C17H22N2O3S/c1-11-15-10-14(23(21,22)18-13-6-2-3-7-13)9-12-5-4-8-19(16(12)15)17(11)20/h9-11,13,18H,2-8H2,1H3. The zero-order valence-electron chi connectivity index (χ0n) is 13.3. The highest BCUT2D eigenvalue weighted by Crippen LogP contribution is 2.43. The van der Waals surface area contributed by atoms with E-state index in [1.165, 1.54) is 0 Å². The van der Waals surface area contributed by atoms with Crippen LogP contribution in [0.2, 0.25) is 0 Å². The first-order valence-electron chi connectivity index (χ1n) is 8.48. The Morgan fingerprint density at radius 3 is 2.65 bits per heavy atom. The summed E-state index contributed by atoms with van der Waals surface area (Å²) in [4.78, 5) is 14.5. The summed E-state index contributed by atoms with van der Waals surface area (Å²) in [5.41, 5.74) is 2.84. The fourth-order valence-corrected chi connectivity index (χ4v) is 5.54. The lowest BCUT2D eigenvalue weighted by Crippen LogP contribution is -2.33. The van der Waals surface area contributed by atoms with E-state index >= 15 is 0 Å². The van der Waals surface area contributed by atoms with Crippen molar-refractivity contribution < 1.29 is 13.2 Å². The first-order chi connectivity index (χ1) is 11.0. The minimum Gasteiger partial charge on any atom is -0.311 e. The maximum atomic E-state index is 12.7. The van der Waals surface area contributed by atoms with E-state index in [-0.39, 0.29) is 17.9 Å². The van der Waals surface area contributed by atoms with Gasteiger partial charge in [0.1, 0.15) is 0 Å². The van der Waals surface area contributed by atoms with E-state index in [9.17, 15) is 13.2 Å². The minimum absolute atomic E-state index is 0.0557. The summed E-state index contributed by atoms with van der Waals surface area (Å²) in [6.07, 6.45) is 5.74. The number of benzene rings is 1. The van der Waals surface area contributed by atoms with Crippen molar-refractivity contribution in [1.82, 2.24) is 4.72 Å². The smallest absolute Gasteiger partial charge is 0.240 e. The average molecular weight is 334 g/mol. The molecule has 6 heteroatoms. The molecule has 124 valence electrons. The van der Waals surface area contributed by atoms with Crippen LogP contribution in [0.25, 0.3) is 0 Å². The molecule has 1 aromatic carbocycles.